The highest BCUT2D eigenvalue weighted by Gasteiger charge is 2.04. The van der Waals surface area contributed by atoms with E-state index < -0.39 is 5.97 Å². The highest BCUT2D eigenvalue weighted by molar-refractivity contribution is 5.66. The average Bonchev–Trinajstić information content (AvgIpc) is 2.61. The Morgan fingerprint density at radius 3 is 2.94 bits per heavy atom. The summed E-state index contributed by atoms with van der Waals surface area (Å²) in [5.41, 5.74) is 4.06. The SMILES string of the molecule is Cc1nc2ccc(NCCCC(=O)O)cn2c1C. The van der Waals surface area contributed by atoms with E-state index >= 15 is 0 Å². The zero-order chi connectivity index (χ0) is 13.1. The lowest BCUT2D eigenvalue weighted by Gasteiger charge is -2.06. The van der Waals surface area contributed by atoms with Gasteiger partial charge in [-0.2, -0.15) is 0 Å². The largest absolute Gasteiger partial charge is 0.481 e. The Morgan fingerprint density at radius 2 is 2.22 bits per heavy atom. The number of anilines is 1. The number of nitrogens with one attached hydrogen (secondary N) is 1. The van der Waals surface area contributed by atoms with Gasteiger partial charge in [0.05, 0.1) is 11.4 Å². The smallest absolute Gasteiger partial charge is 0.303 e. The highest BCUT2D eigenvalue weighted by Crippen LogP contribution is 2.15. The number of aryl methyl sites for hydroxylation is 2. The lowest BCUT2D eigenvalue weighted by Crippen LogP contribution is -2.05. The van der Waals surface area contributed by atoms with Crippen molar-refractivity contribution in [3.63, 3.8) is 0 Å². The van der Waals surface area contributed by atoms with Crippen LogP contribution in [0.3, 0.4) is 0 Å². The first-order chi connectivity index (χ1) is 8.58. The van der Waals surface area contributed by atoms with Crippen LogP contribution in [0.5, 0.6) is 0 Å². The minimum atomic E-state index is -0.756. The topological polar surface area (TPSA) is 66.6 Å². The van der Waals surface area contributed by atoms with Gasteiger partial charge in [0.2, 0.25) is 0 Å². The Hall–Kier alpha value is -2.04. The van der Waals surface area contributed by atoms with Crippen LogP contribution in [0.25, 0.3) is 5.65 Å². The van der Waals surface area contributed by atoms with Crippen molar-refractivity contribution in [2.45, 2.75) is 26.7 Å². The van der Waals surface area contributed by atoms with Gasteiger partial charge in [-0.15, -0.1) is 0 Å². The summed E-state index contributed by atoms with van der Waals surface area (Å²) in [6.45, 7) is 4.68. The van der Waals surface area contributed by atoms with Crippen LogP contribution >= 0.6 is 0 Å². The summed E-state index contributed by atoms with van der Waals surface area (Å²) >= 11 is 0. The number of hydrogen-bond donors (Lipinski definition) is 2. The lowest BCUT2D eigenvalue weighted by atomic mass is 10.3. The molecule has 2 aromatic rings. The molecule has 5 heteroatoms. The maximum absolute atomic E-state index is 10.4. The first-order valence-corrected chi connectivity index (χ1v) is 5.99. The molecule has 96 valence electrons. The van der Waals surface area contributed by atoms with E-state index in [0.29, 0.717) is 13.0 Å². The van der Waals surface area contributed by atoms with E-state index in [2.05, 4.69) is 10.3 Å². The Labute approximate surface area is 105 Å². The van der Waals surface area contributed by atoms with E-state index in [1.807, 2.05) is 36.6 Å². The van der Waals surface area contributed by atoms with Crippen LogP contribution in [-0.2, 0) is 4.79 Å². The van der Waals surface area contributed by atoms with Crippen LogP contribution < -0.4 is 5.32 Å². The second-order valence-electron chi connectivity index (χ2n) is 4.35. The van der Waals surface area contributed by atoms with E-state index in [0.717, 1.165) is 22.7 Å². The second-order valence-corrected chi connectivity index (χ2v) is 4.35. The molecule has 2 heterocycles. The third kappa shape index (κ3) is 2.61. The molecule has 0 aliphatic rings. The molecule has 0 aromatic carbocycles. The Morgan fingerprint density at radius 1 is 1.44 bits per heavy atom. The monoisotopic (exact) mass is 247 g/mol. The molecule has 0 saturated carbocycles. The summed E-state index contributed by atoms with van der Waals surface area (Å²) in [5.74, 6) is -0.756. The fourth-order valence-electron chi connectivity index (χ4n) is 1.86. The normalized spacial score (nSPS) is 10.8. The van der Waals surface area contributed by atoms with Gasteiger partial charge in [-0.05, 0) is 32.4 Å². The summed E-state index contributed by atoms with van der Waals surface area (Å²) < 4.78 is 2.04. The van der Waals surface area contributed by atoms with Crippen molar-refractivity contribution >= 4 is 17.3 Å². The predicted octanol–water partition coefficient (Wildman–Crippen LogP) is 2.23. The first kappa shape index (κ1) is 12.4. The fourth-order valence-corrected chi connectivity index (χ4v) is 1.86. The van der Waals surface area contributed by atoms with E-state index in [9.17, 15) is 4.79 Å². The summed E-state index contributed by atoms with van der Waals surface area (Å²) in [6.07, 6.45) is 2.80. The van der Waals surface area contributed by atoms with E-state index in [1.165, 1.54) is 0 Å². The quantitative estimate of drug-likeness (QED) is 0.795. The fraction of sp³-hybridized carbons (Fsp3) is 0.385. The minimum Gasteiger partial charge on any atom is -0.481 e. The van der Waals surface area contributed by atoms with Crippen molar-refractivity contribution in [2.75, 3.05) is 11.9 Å². The van der Waals surface area contributed by atoms with Crippen molar-refractivity contribution in [1.29, 1.82) is 0 Å². The van der Waals surface area contributed by atoms with Gasteiger partial charge >= 0.3 is 5.97 Å². The van der Waals surface area contributed by atoms with Gasteiger partial charge in [-0.3, -0.25) is 4.79 Å². The molecular formula is C13H17N3O2. The number of nitrogens with zero attached hydrogens (tertiary/aromatic N) is 2. The standard InChI is InChI=1S/C13H17N3O2/c1-9-10(2)16-8-11(5-6-12(16)15-9)14-7-3-4-13(17)18/h5-6,8,14H,3-4,7H2,1-2H3,(H,17,18). The van der Waals surface area contributed by atoms with Crippen molar-refractivity contribution in [3.8, 4) is 0 Å². The first-order valence-electron chi connectivity index (χ1n) is 5.99. The zero-order valence-corrected chi connectivity index (χ0v) is 10.6. The number of rotatable bonds is 5. The van der Waals surface area contributed by atoms with Crippen LogP contribution in [0.4, 0.5) is 5.69 Å². The molecule has 0 amide bonds. The van der Waals surface area contributed by atoms with Crippen LogP contribution in [0.2, 0.25) is 0 Å². The number of pyridine rings is 1. The molecule has 0 saturated heterocycles. The number of hydrogen-bond acceptors (Lipinski definition) is 3. The number of imidazole rings is 1. The van der Waals surface area contributed by atoms with Crippen LogP contribution in [0.1, 0.15) is 24.2 Å². The third-order valence-electron chi connectivity index (χ3n) is 2.99. The summed E-state index contributed by atoms with van der Waals surface area (Å²) in [5, 5.41) is 11.8. The van der Waals surface area contributed by atoms with E-state index in [4.69, 9.17) is 5.11 Å². The zero-order valence-electron chi connectivity index (χ0n) is 10.6. The second kappa shape index (κ2) is 5.08. The molecule has 0 radical (unpaired) electrons. The van der Waals surface area contributed by atoms with Gasteiger partial charge in [0.25, 0.3) is 0 Å². The average molecular weight is 247 g/mol. The molecule has 0 bridgehead atoms. The molecule has 2 N–H and O–H groups in total. The van der Waals surface area contributed by atoms with Gasteiger partial charge in [0.1, 0.15) is 5.65 Å². The van der Waals surface area contributed by atoms with Gasteiger partial charge in [-0.25, -0.2) is 4.98 Å². The lowest BCUT2D eigenvalue weighted by molar-refractivity contribution is -0.137. The number of carboxylic acid groups (broad SMARTS) is 1. The van der Waals surface area contributed by atoms with Crippen LogP contribution in [-0.4, -0.2) is 27.0 Å². The predicted molar refractivity (Wildman–Crippen MR) is 70.0 cm³/mol. The van der Waals surface area contributed by atoms with Crippen molar-refractivity contribution in [2.24, 2.45) is 0 Å². The van der Waals surface area contributed by atoms with Crippen molar-refractivity contribution < 1.29 is 9.90 Å². The molecule has 0 aliphatic heterocycles. The minimum absolute atomic E-state index is 0.193. The molecule has 0 atom stereocenters. The van der Waals surface area contributed by atoms with E-state index in [1.54, 1.807) is 0 Å². The van der Waals surface area contributed by atoms with Gasteiger partial charge < -0.3 is 14.8 Å². The number of fused-ring (bicyclic) bond motifs is 1. The molecule has 18 heavy (non-hydrogen) atoms. The van der Waals surface area contributed by atoms with Gasteiger partial charge in [0.15, 0.2) is 0 Å². The summed E-state index contributed by atoms with van der Waals surface area (Å²) in [6, 6.07) is 3.92. The molecule has 2 aromatic heterocycles. The number of aromatic nitrogens is 2. The molecule has 0 aliphatic carbocycles. The maximum Gasteiger partial charge on any atom is 0.303 e. The molecule has 2 rings (SSSR count). The Balaban J connectivity index is 2.05. The highest BCUT2D eigenvalue weighted by atomic mass is 16.4. The van der Waals surface area contributed by atoms with Crippen molar-refractivity contribution in [3.05, 3.63) is 29.7 Å². The molecule has 0 fully saturated rings. The summed E-state index contributed by atoms with van der Waals surface area (Å²) in [4.78, 5) is 14.8. The van der Waals surface area contributed by atoms with Gasteiger partial charge in [0, 0.05) is 24.9 Å². The molecular weight excluding hydrogens is 230 g/mol. The van der Waals surface area contributed by atoms with E-state index in [-0.39, 0.29) is 6.42 Å². The van der Waals surface area contributed by atoms with Crippen molar-refractivity contribution in [1.82, 2.24) is 9.38 Å². The number of carbonyl (C=O) groups is 1. The van der Waals surface area contributed by atoms with Crippen LogP contribution in [0.15, 0.2) is 18.3 Å². The van der Waals surface area contributed by atoms with Crippen LogP contribution in [0, 0.1) is 13.8 Å². The molecule has 5 nitrogen and oxygen atoms in total. The Kier molecular flexibility index (Phi) is 3.50. The maximum atomic E-state index is 10.4. The molecule has 0 unspecified atom stereocenters. The summed E-state index contributed by atoms with van der Waals surface area (Å²) in [7, 11) is 0. The number of aliphatic carboxylic acids is 1. The number of carboxylic acids is 1. The Bertz CT molecular complexity index is 575. The van der Waals surface area contributed by atoms with Gasteiger partial charge in [-0.1, -0.05) is 0 Å². The third-order valence-corrected chi connectivity index (χ3v) is 2.99. The molecule has 0 spiro atoms.